The molecule has 2 atom stereocenters. The molecule has 0 saturated heterocycles. The van der Waals surface area contributed by atoms with Crippen LogP contribution in [0.5, 0.6) is 0 Å². The van der Waals surface area contributed by atoms with Gasteiger partial charge in [-0.05, 0) is 42.4 Å². The molecular formula is C11H20O3S. The van der Waals surface area contributed by atoms with Crippen LogP contribution in [0, 0.1) is 16.7 Å². The molecule has 0 aromatic rings. The van der Waals surface area contributed by atoms with E-state index in [1.165, 1.54) is 6.42 Å². The average Bonchev–Trinajstić information content (AvgIpc) is 2.26. The Bertz CT molecular complexity index is 354. The summed E-state index contributed by atoms with van der Waals surface area (Å²) in [4.78, 5) is 0. The van der Waals surface area contributed by atoms with Gasteiger partial charge in [0.2, 0.25) is 0 Å². The first-order chi connectivity index (χ1) is 6.77. The number of hydrogen-bond donors (Lipinski definition) is 1. The monoisotopic (exact) mass is 232 g/mol. The van der Waals surface area contributed by atoms with E-state index in [9.17, 15) is 8.42 Å². The van der Waals surface area contributed by atoms with Gasteiger partial charge in [-0.2, -0.15) is 8.42 Å². The first-order valence-corrected chi connectivity index (χ1v) is 7.33. The predicted octanol–water partition coefficient (Wildman–Crippen LogP) is 2.48. The van der Waals surface area contributed by atoms with Gasteiger partial charge in [-0.25, -0.2) is 0 Å². The van der Waals surface area contributed by atoms with Crippen molar-refractivity contribution in [2.45, 2.75) is 46.0 Å². The Morgan fingerprint density at radius 2 is 1.93 bits per heavy atom. The second kappa shape index (κ2) is 3.20. The molecule has 0 amide bonds. The molecule has 15 heavy (non-hydrogen) atoms. The van der Waals surface area contributed by atoms with E-state index < -0.39 is 10.1 Å². The van der Waals surface area contributed by atoms with Crippen LogP contribution in [0.4, 0.5) is 0 Å². The second-order valence-electron chi connectivity index (χ2n) is 5.86. The van der Waals surface area contributed by atoms with Crippen molar-refractivity contribution in [2.75, 3.05) is 5.75 Å². The standard InChI is InChI=1S/C11H20O3S/c1-10(2)9-4-3-6-11(10,7-5-9)8-15(12,13)14/h9H,3-8H2,1-2H3,(H,12,13,14). The molecule has 2 rings (SSSR count). The van der Waals surface area contributed by atoms with Crippen molar-refractivity contribution in [2.24, 2.45) is 16.7 Å². The third-order valence-electron chi connectivity index (χ3n) is 5.03. The minimum atomic E-state index is -3.84. The zero-order valence-corrected chi connectivity index (χ0v) is 10.3. The number of hydrogen-bond acceptors (Lipinski definition) is 2. The summed E-state index contributed by atoms with van der Waals surface area (Å²) in [5, 5.41) is 0. The van der Waals surface area contributed by atoms with E-state index in [-0.39, 0.29) is 16.6 Å². The van der Waals surface area contributed by atoms with Crippen molar-refractivity contribution in [3.05, 3.63) is 0 Å². The van der Waals surface area contributed by atoms with Gasteiger partial charge >= 0.3 is 0 Å². The summed E-state index contributed by atoms with van der Waals surface area (Å²) < 4.78 is 31.3. The second-order valence-corrected chi connectivity index (χ2v) is 7.31. The highest BCUT2D eigenvalue weighted by atomic mass is 32.2. The summed E-state index contributed by atoms with van der Waals surface area (Å²) in [6.07, 6.45) is 5.38. The molecule has 4 heteroatoms. The van der Waals surface area contributed by atoms with Crippen LogP contribution in [0.3, 0.4) is 0 Å². The molecule has 0 spiro atoms. The zero-order chi connectivity index (χ0) is 11.3. The maximum Gasteiger partial charge on any atom is 0.265 e. The lowest BCUT2D eigenvalue weighted by Crippen LogP contribution is -2.44. The van der Waals surface area contributed by atoms with Crippen LogP contribution < -0.4 is 0 Å². The van der Waals surface area contributed by atoms with Gasteiger partial charge in [0.1, 0.15) is 0 Å². The lowest BCUT2D eigenvalue weighted by Gasteiger charge is -2.47. The molecule has 2 unspecified atom stereocenters. The van der Waals surface area contributed by atoms with E-state index in [1.54, 1.807) is 0 Å². The first kappa shape index (κ1) is 11.4. The molecular weight excluding hydrogens is 212 g/mol. The molecule has 1 N–H and O–H groups in total. The smallest absolute Gasteiger partial charge is 0.265 e. The molecule has 3 nitrogen and oxygen atoms in total. The van der Waals surface area contributed by atoms with Gasteiger partial charge in [0.15, 0.2) is 0 Å². The molecule has 0 aromatic carbocycles. The Labute approximate surface area is 92.0 Å². The van der Waals surface area contributed by atoms with E-state index in [0.717, 1.165) is 25.7 Å². The van der Waals surface area contributed by atoms with Gasteiger partial charge in [-0.15, -0.1) is 0 Å². The van der Waals surface area contributed by atoms with Gasteiger partial charge in [0.05, 0.1) is 5.75 Å². The summed E-state index contributed by atoms with van der Waals surface area (Å²) in [5.41, 5.74) is -0.0927. The van der Waals surface area contributed by atoms with Gasteiger partial charge in [0, 0.05) is 0 Å². The fraction of sp³-hybridized carbons (Fsp3) is 1.00. The lowest BCUT2D eigenvalue weighted by molar-refractivity contribution is 0.0405. The van der Waals surface area contributed by atoms with Crippen LogP contribution in [0.25, 0.3) is 0 Å². The van der Waals surface area contributed by atoms with E-state index in [4.69, 9.17) is 4.55 Å². The average molecular weight is 232 g/mol. The van der Waals surface area contributed by atoms with Crippen LogP contribution >= 0.6 is 0 Å². The molecule has 2 saturated carbocycles. The molecule has 0 radical (unpaired) electrons. The summed E-state index contributed by atoms with van der Waals surface area (Å²) in [7, 11) is -3.84. The van der Waals surface area contributed by atoms with Crippen molar-refractivity contribution in [1.82, 2.24) is 0 Å². The fourth-order valence-electron chi connectivity index (χ4n) is 3.89. The summed E-state index contributed by atoms with van der Waals surface area (Å²) in [5.74, 6) is 0.608. The summed E-state index contributed by atoms with van der Waals surface area (Å²) in [6, 6.07) is 0. The van der Waals surface area contributed by atoms with Gasteiger partial charge in [-0.3, -0.25) is 4.55 Å². The third-order valence-corrected chi connectivity index (χ3v) is 5.94. The van der Waals surface area contributed by atoms with Crippen LogP contribution in [-0.4, -0.2) is 18.7 Å². The number of fused-ring (bicyclic) bond motifs is 2. The number of rotatable bonds is 2. The minimum Gasteiger partial charge on any atom is -0.286 e. The van der Waals surface area contributed by atoms with E-state index >= 15 is 0 Å². The molecule has 88 valence electrons. The minimum absolute atomic E-state index is 0.0382. The van der Waals surface area contributed by atoms with Crippen molar-refractivity contribution in [1.29, 1.82) is 0 Å². The third kappa shape index (κ3) is 1.72. The predicted molar refractivity (Wildman–Crippen MR) is 59.2 cm³/mol. The Kier molecular flexibility index (Phi) is 2.43. The lowest BCUT2D eigenvalue weighted by atomic mass is 9.59. The Balaban J connectivity index is 2.33. The van der Waals surface area contributed by atoms with Gasteiger partial charge < -0.3 is 0 Å². The van der Waals surface area contributed by atoms with E-state index in [2.05, 4.69) is 13.8 Å². The van der Waals surface area contributed by atoms with Crippen molar-refractivity contribution < 1.29 is 13.0 Å². The van der Waals surface area contributed by atoms with Gasteiger partial charge in [-0.1, -0.05) is 20.3 Å². The van der Waals surface area contributed by atoms with Crippen molar-refractivity contribution in [3.63, 3.8) is 0 Å². The van der Waals surface area contributed by atoms with Crippen LogP contribution in [0.1, 0.15) is 46.0 Å². The van der Waals surface area contributed by atoms with E-state index in [0.29, 0.717) is 5.92 Å². The quantitative estimate of drug-likeness (QED) is 0.744. The summed E-state index contributed by atoms with van der Waals surface area (Å²) in [6.45, 7) is 4.35. The SMILES string of the molecule is CC1(C)C2CCCC1(CS(=O)(=O)O)CC2. The van der Waals surface area contributed by atoms with Crippen LogP contribution in [0.15, 0.2) is 0 Å². The Hall–Kier alpha value is -0.0900. The Morgan fingerprint density at radius 1 is 1.27 bits per heavy atom. The topological polar surface area (TPSA) is 54.4 Å². The highest BCUT2D eigenvalue weighted by Crippen LogP contribution is 2.63. The zero-order valence-electron chi connectivity index (χ0n) is 9.49. The molecule has 2 fully saturated rings. The molecule has 2 aliphatic carbocycles. The van der Waals surface area contributed by atoms with Crippen molar-refractivity contribution in [3.8, 4) is 0 Å². The van der Waals surface area contributed by atoms with Crippen LogP contribution in [-0.2, 0) is 10.1 Å². The molecule has 0 heterocycles. The van der Waals surface area contributed by atoms with Gasteiger partial charge in [0.25, 0.3) is 10.1 Å². The first-order valence-electron chi connectivity index (χ1n) is 5.72. The van der Waals surface area contributed by atoms with Crippen LogP contribution in [0.2, 0.25) is 0 Å². The summed E-state index contributed by atoms with van der Waals surface area (Å²) >= 11 is 0. The largest absolute Gasteiger partial charge is 0.286 e. The molecule has 0 aliphatic heterocycles. The normalized spacial score (nSPS) is 39.3. The fourth-order valence-corrected chi connectivity index (χ4v) is 5.24. The maximum absolute atomic E-state index is 11.1. The molecule has 0 aromatic heterocycles. The van der Waals surface area contributed by atoms with Crippen molar-refractivity contribution >= 4 is 10.1 Å². The molecule has 2 bridgehead atoms. The highest BCUT2D eigenvalue weighted by molar-refractivity contribution is 7.85. The van der Waals surface area contributed by atoms with E-state index in [1.807, 2.05) is 0 Å². The Morgan fingerprint density at radius 3 is 2.53 bits per heavy atom. The highest BCUT2D eigenvalue weighted by Gasteiger charge is 2.57. The maximum atomic E-state index is 11.1. The molecule has 2 aliphatic rings.